The number of hydrogen-bond donors (Lipinski definition) is 9. The van der Waals surface area contributed by atoms with Crippen LogP contribution in [0.3, 0.4) is 0 Å². The summed E-state index contributed by atoms with van der Waals surface area (Å²) in [5, 5.41) is 37.2. The highest BCUT2D eigenvalue weighted by Gasteiger charge is 2.60. The van der Waals surface area contributed by atoms with Gasteiger partial charge in [0, 0.05) is 37.9 Å². The number of guanidine groups is 1. The molecule has 2 saturated carbocycles. The smallest absolute Gasteiger partial charge is 0.254 e. The number of aliphatic imine (C=N–C) groups is 1. The van der Waals surface area contributed by atoms with Crippen molar-refractivity contribution in [1.82, 2.24) is 10.6 Å². The number of hydrogen-bond acceptors (Lipinski definition) is 10. The molecule has 33 heavy (non-hydrogen) atoms. The van der Waals surface area contributed by atoms with Gasteiger partial charge in [-0.3, -0.25) is 4.79 Å². The number of nitrogens with one attached hydrogen (secondary N) is 2. The largest absolute Gasteiger partial charge is 0.393 e. The van der Waals surface area contributed by atoms with Crippen molar-refractivity contribution in [3.05, 3.63) is 0 Å². The van der Waals surface area contributed by atoms with E-state index in [2.05, 4.69) is 15.6 Å². The first-order valence-corrected chi connectivity index (χ1v) is 11.6. The summed E-state index contributed by atoms with van der Waals surface area (Å²) in [4.78, 5) is 16.3. The second kappa shape index (κ2) is 11.2. The molecule has 0 aromatic rings. The average Bonchev–Trinajstić information content (AvgIpc) is 3.37. The van der Waals surface area contributed by atoms with E-state index in [1.165, 1.54) is 0 Å². The first kappa shape index (κ1) is 26.0. The number of ether oxygens (including phenoxy) is 2. The SMILES string of the molecule is NCCCNCC1CC(O)C[C@@H](O[C@@H]2C(N)CC(NC(=O)C3(O)CC3N=C(N)N)CC2O)O1. The molecule has 190 valence electrons. The Morgan fingerprint density at radius 1 is 1.21 bits per heavy atom. The lowest BCUT2D eigenvalue weighted by atomic mass is 9.86. The van der Waals surface area contributed by atoms with E-state index in [9.17, 15) is 20.1 Å². The van der Waals surface area contributed by atoms with E-state index in [4.69, 9.17) is 32.4 Å². The summed E-state index contributed by atoms with van der Waals surface area (Å²) in [5.74, 6) is -0.785. The third kappa shape index (κ3) is 6.96. The Kier molecular flexibility index (Phi) is 8.86. The summed E-state index contributed by atoms with van der Waals surface area (Å²) < 4.78 is 11.9. The Labute approximate surface area is 193 Å². The van der Waals surface area contributed by atoms with Gasteiger partial charge in [0.25, 0.3) is 5.91 Å². The number of rotatable bonds is 10. The predicted molar refractivity (Wildman–Crippen MR) is 120 cm³/mol. The Bertz CT molecular complexity index is 684. The second-order valence-electron chi connectivity index (χ2n) is 9.33. The lowest BCUT2D eigenvalue weighted by Crippen LogP contribution is -2.58. The first-order valence-electron chi connectivity index (χ1n) is 11.6. The zero-order valence-corrected chi connectivity index (χ0v) is 18.8. The fourth-order valence-electron chi connectivity index (χ4n) is 4.53. The van der Waals surface area contributed by atoms with Gasteiger partial charge < -0.3 is 58.4 Å². The Morgan fingerprint density at radius 2 is 1.97 bits per heavy atom. The maximum atomic E-state index is 12.5. The van der Waals surface area contributed by atoms with Crippen LogP contribution in [0.15, 0.2) is 4.99 Å². The van der Waals surface area contributed by atoms with Crippen molar-refractivity contribution >= 4 is 11.9 Å². The van der Waals surface area contributed by atoms with E-state index in [1.807, 2.05) is 0 Å². The van der Waals surface area contributed by atoms with Crippen LogP contribution in [0, 0.1) is 0 Å². The summed E-state index contributed by atoms with van der Waals surface area (Å²) >= 11 is 0. The van der Waals surface area contributed by atoms with Crippen molar-refractivity contribution in [2.45, 2.75) is 93.0 Å². The average molecular weight is 474 g/mol. The number of aliphatic hydroxyl groups excluding tert-OH is 2. The summed E-state index contributed by atoms with van der Waals surface area (Å²) in [5.41, 5.74) is 20.7. The first-order chi connectivity index (χ1) is 15.6. The molecule has 9 atom stereocenters. The Hall–Kier alpha value is -1.58. The van der Waals surface area contributed by atoms with Crippen LogP contribution in [-0.2, 0) is 14.3 Å². The minimum absolute atomic E-state index is 0.132. The molecule has 7 unspecified atom stereocenters. The molecule has 3 rings (SSSR count). The van der Waals surface area contributed by atoms with Crippen molar-refractivity contribution in [2.75, 3.05) is 19.6 Å². The molecule has 3 aliphatic rings. The maximum Gasteiger partial charge on any atom is 0.254 e. The predicted octanol–water partition coefficient (Wildman–Crippen LogP) is -4.08. The molecule has 2 aliphatic carbocycles. The Balaban J connectivity index is 1.48. The molecule has 0 aromatic carbocycles. The molecule has 0 radical (unpaired) electrons. The van der Waals surface area contributed by atoms with Gasteiger partial charge in [0.15, 0.2) is 17.9 Å². The molecular weight excluding hydrogens is 434 g/mol. The van der Waals surface area contributed by atoms with Gasteiger partial charge in [0.1, 0.15) is 6.10 Å². The quantitative estimate of drug-likeness (QED) is 0.0839. The number of nitrogens with two attached hydrogens (primary N) is 4. The summed E-state index contributed by atoms with van der Waals surface area (Å²) in [6, 6.07) is -1.69. The zero-order chi connectivity index (χ0) is 24.2. The molecule has 13 N–H and O–H groups in total. The molecule has 1 saturated heterocycles. The van der Waals surface area contributed by atoms with Crippen LogP contribution in [0.5, 0.6) is 0 Å². The highest BCUT2D eigenvalue weighted by molar-refractivity contribution is 5.90. The molecule has 1 amide bonds. The number of nitrogens with zero attached hydrogens (tertiary/aromatic N) is 1. The number of carbonyl (C=O) groups is 1. The summed E-state index contributed by atoms with van der Waals surface area (Å²) in [6.45, 7) is 1.93. The fourth-order valence-corrected chi connectivity index (χ4v) is 4.53. The molecule has 13 heteroatoms. The minimum Gasteiger partial charge on any atom is -0.393 e. The van der Waals surface area contributed by atoms with Crippen molar-refractivity contribution in [3.63, 3.8) is 0 Å². The van der Waals surface area contributed by atoms with Gasteiger partial charge >= 0.3 is 0 Å². The highest BCUT2D eigenvalue weighted by Crippen LogP contribution is 2.39. The van der Waals surface area contributed by atoms with Gasteiger partial charge in [-0.15, -0.1) is 0 Å². The van der Waals surface area contributed by atoms with Gasteiger partial charge in [-0.25, -0.2) is 4.99 Å². The van der Waals surface area contributed by atoms with Gasteiger partial charge in [-0.05, 0) is 32.4 Å². The van der Waals surface area contributed by atoms with Gasteiger partial charge in [0.05, 0.1) is 24.4 Å². The van der Waals surface area contributed by atoms with E-state index in [0.717, 1.165) is 13.0 Å². The number of amides is 1. The molecule has 13 nitrogen and oxygen atoms in total. The fraction of sp³-hybridized carbons (Fsp3) is 0.900. The van der Waals surface area contributed by atoms with Crippen LogP contribution in [0.25, 0.3) is 0 Å². The summed E-state index contributed by atoms with van der Waals surface area (Å²) in [6.07, 6.45) is -0.855. The molecule has 0 spiro atoms. The van der Waals surface area contributed by atoms with E-state index in [-0.39, 0.29) is 31.3 Å². The molecule has 0 aromatic heterocycles. The lowest BCUT2D eigenvalue weighted by molar-refractivity contribution is -0.251. The van der Waals surface area contributed by atoms with Gasteiger partial charge in [0.2, 0.25) is 0 Å². The van der Waals surface area contributed by atoms with Crippen LogP contribution in [0.4, 0.5) is 0 Å². The molecular formula is C20H39N7O6. The van der Waals surface area contributed by atoms with Crippen molar-refractivity contribution in [1.29, 1.82) is 0 Å². The zero-order valence-electron chi connectivity index (χ0n) is 18.8. The standard InChI is InChI=1S/C20H39N7O6/c21-2-1-3-25-9-12-6-11(28)7-16(32-12)33-17-13(22)4-10(5-14(17)29)26-18(30)20(31)8-15(20)27-19(23)24/h10-17,25,28-29,31H,1-9,21-22H2,(H,26,30)(H4,23,24,27)/t10?,11?,12?,13?,14?,15?,16-,17-,20?/m1/s1. The molecule has 1 aliphatic heterocycles. The van der Waals surface area contributed by atoms with Crippen LogP contribution in [0.2, 0.25) is 0 Å². The minimum atomic E-state index is -1.65. The van der Waals surface area contributed by atoms with E-state index in [1.54, 1.807) is 0 Å². The topological polar surface area (TPSA) is 237 Å². The van der Waals surface area contributed by atoms with E-state index >= 15 is 0 Å². The monoisotopic (exact) mass is 473 g/mol. The molecule has 3 fully saturated rings. The van der Waals surface area contributed by atoms with Crippen LogP contribution in [0.1, 0.15) is 38.5 Å². The van der Waals surface area contributed by atoms with E-state index < -0.39 is 54.2 Å². The third-order valence-corrected chi connectivity index (χ3v) is 6.40. The molecule has 1 heterocycles. The highest BCUT2D eigenvalue weighted by atomic mass is 16.7. The van der Waals surface area contributed by atoms with Crippen molar-refractivity contribution in [2.24, 2.45) is 27.9 Å². The Morgan fingerprint density at radius 3 is 2.64 bits per heavy atom. The number of carbonyl (C=O) groups excluding carboxylic acids is 1. The van der Waals surface area contributed by atoms with E-state index in [0.29, 0.717) is 25.9 Å². The van der Waals surface area contributed by atoms with Gasteiger partial charge in [-0.2, -0.15) is 0 Å². The van der Waals surface area contributed by atoms with Crippen molar-refractivity contribution in [3.8, 4) is 0 Å². The van der Waals surface area contributed by atoms with Crippen molar-refractivity contribution < 1.29 is 29.6 Å². The van der Waals surface area contributed by atoms with Gasteiger partial charge in [-0.1, -0.05) is 0 Å². The maximum absolute atomic E-state index is 12.5. The van der Waals surface area contributed by atoms with Crippen LogP contribution in [-0.4, -0.2) is 101 Å². The summed E-state index contributed by atoms with van der Waals surface area (Å²) in [7, 11) is 0. The molecule has 0 bridgehead atoms. The lowest BCUT2D eigenvalue weighted by Gasteiger charge is -2.41. The normalized spacial score (nSPS) is 40.8. The van der Waals surface area contributed by atoms with Crippen LogP contribution >= 0.6 is 0 Å². The van der Waals surface area contributed by atoms with Crippen LogP contribution < -0.4 is 33.6 Å². The third-order valence-electron chi connectivity index (χ3n) is 6.40. The second-order valence-corrected chi connectivity index (χ2v) is 9.33. The number of aliphatic hydroxyl groups is 3.